The third kappa shape index (κ3) is 10.6. The minimum Gasteiger partial charge on any atom is -0.493 e. The van der Waals surface area contributed by atoms with E-state index >= 15 is 0 Å². The largest absolute Gasteiger partial charge is 0.511 e. The predicted molar refractivity (Wildman–Crippen MR) is 157 cm³/mol. The molecular weight excluding hydrogens is 592 g/mol. The number of esters is 2. The number of aromatic nitrogens is 1. The maximum absolute atomic E-state index is 13.4. The molecule has 2 aromatic rings. The normalized spacial score (nSPS) is 20.1. The molecular formula is C31H40N2O12. The Kier molecular flexibility index (Phi) is 13.8. The first kappa shape index (κ1) is 35.1. The summed E-state index contributed by atoms with van der Waals surface area (Å²) in [5.41, 5.74) is 0.585. The Morgan fingerprint density at radius 2 is 1.80 bits per heavy atom. The summed E-state index contributed by atoms with van der Waals surface area (Å²) in [6, 6.07) is 9.39. The Balaban J connectivity index is 1.78. The third-order valence-corrected chi connectivity index (χ3v) is 6.56. The van der Waals surface area contributed by atoms with E-state index in [1.807, 2.05) is 44.2 Å². The van der Waals surface area contributed by atoms with Crippen molar-refractivity contribution >= 4 is 24.0 Å². The number of pyridine rings is 1. The number of rotatable bonds is 14. The van der Waals surface area contributed by atoms with E-state index in [2.05, 4.69) is 10.3 Å². The number of benzene rings is 1. The van der Waals surface area contributed by atoms with Crippen LogP contribution in [0.1, 0.15) is 36.8 Å². The monoisotopic (exact) mass is 632 g/mol. The third-order valence-electron chi connectivity index (χ3n) is 6.56. The molecule has 246 valence electrons. The van der Waals surface area contributed by atoms with Crippen LogP contribution in [0.15, 0.2) is 42.6 Å². The van der Waals surface area contributed by atoms with Crippen molar-refractivity contribution in [1.82, 2.24) is 10.3 Å². The zero-order valence-corrected chi connectivity index (χ0v) is 26.0. The van der Waals surface area contributed by atoms with E-state index in [9.17, 15) is 19.2 Å². The molecule has 1 aromatic carbocycles. The van der Waals surface area contributed by atoms with Crippen LogP contribution >= 0.6 is 0 Å². The summed E-state index contributed by atoms with van der Waals surface area (Å²) in [5, 5.41) is 2.50. The molecule has 14 nitrogen and oxygen atoms in total. The molecule has 45 heavy (non-hydrogen) atoms. The van der Waals surface area contributed by atoms with Gasteiger partial charge in [-0.05, 0) is 24.8 Å². The lowest BCUT2D eigenvalue weighted by atomic mass is 9.91. The summed E-state index contributed by atoms with van der Waals surface area (Å²) in [7, 11) is 2.78. The minimum atomic E-state index is -1.39. The molecule has 0 saturated carbocycles. The molecule has 0 aliphatic carbocycles. The van der Waals surface area contributed by atoms with Gasteiger partial charge in [-0.1, -0.05) is 44.2 Å². The minimum absolute atomic E-state index is 0.0303. The van der Waals surface area contributed by atoms with Gasteiger partial charge in [-0.15, -0.1) is 0 Å². The maximum atomic E-state index is 13.4. The summed E-state index contributed by atoms with van der Waals surface area (Å²) in [6.07, 6.45) is -1.11. The van der Waals surface area contributed by atoms with Crippen molar-refractivity contribution < 1.29 is 57.1 Å². The van der Waals surface area contributed by atoms with E-state index in [1.165, 1.54) is 26.5 Å². The molecule has 1 saturated heterocycles. The number of carbonyl (C=O) groups excluding carboxylic acids is 4. The number of nitrogens with zero attached hydrogens (tertiary/aromatic N) is 1. The highest BCUT2D eigenvalue weighted by Crippen LogP contribution is 2.30. The van der Waals surface area contributed by atoms with Gasteiger partial charge in [0.25, 0.3) is 5.91 Å². The van der Waals surface area contributed by atoms with Crippen molar-refractivity contribution in [1.29, 1.82) is 0 Å². The molecule has 1 aliphatic heterocycles. The molecule has 2 heterocycles. The van der Waals surface area contributed by atoms with Crippen LogP contribution in [0.25, 0.3) is 0 Å². The zero-order valence-electron chi connectivity index (χ0n) is 26.0. The molecule has 1 fully saturated rings. The van der Waals surface area contributed by atoms with Gasteiger partial charge in [0.15, 0.2) is 23.2 Å². The summed E-state index contributed by atoms with van der Waals surface area (Å²) in [5.74, 6) is -3.02. The Labute approximate surface area is 261 Å². The second kappa shape index (κ2) is 17.8. The van der Waals surface area contributed by atoms with Gasteiger partial charge in [-0.25, -0.2) is 14.6 Å². The van der Waals surface area contributed by atoms with Gasteiger partial charge in [-0.3, -0.25) is 9.59 Å². The van der Waals surface area contributed by atoms with Crippen LogP contribution in [0.3, 0.4) is 0 Å². The lowest BCUT2D eigenvalue weighted by Gasteiger charge is -2.30. The van der Waals surface area contributed by atoms with Gasteiger partial charge < -0.3 is 43.2 Å². The van der Waals surface area contributed by atoms with Crippen LogP contribution in [-0.4, -0.2) is 94.7 Å². The zero-order chi connectivity index (χ0) is 32.8. The Bertz CT molecular complexity index is 1270. The molecule has 1 N–H and O–H groups in total. The average molecular weight is 633 g/mol. The fourth-order valence-corrected chi connectivity index (χ4v) is 4.36. The van der Waals surface area contributed by atoms with Crippen molar-refractivity contribution in [2.75, 3.05) is 47.4 Å². The lowest BCUT2D eigenvalue weighted by Crippen LogP contribution is -2.46. The van der Waals surface area contributed by atoms with Crippen LogP contribution < -0.4 is 14.8 Å². The molecule has 1 aliphatic rings. The van der Waals surface area contributed by atoms with E-state index in [4.69, 9.17) is 37.9 Å². The first-order chi connectivity index (χ1) is 21.6. The van der Waals surface area contributed by atoms with Gasteiger partial charge in [0.1, 0.15) is 25.4 Å². The second-order valence-electron chi connectivity index (χ2n) is 10.5. The Morgan fingerprint density at radius 1 is 1.04 bits per heavy atom. The molecule has 4 atom stereocenters. The number of hydrogen-bond donors (Lipinski definition) is 1. The average Bonchev–Trinajstić information content (AvgIpc) is 3.05. The highest BCUT2D eigenvalue weighted by Gasteiger charge is 2.40. The highest BCUT2D eigenvalue weighted by molar-refractivity contribution is 5.98. The first-order valence-electron chi connectivity index (χ1n) is 14.4. The standard InChI is InChI=1S/C31H40N2O12/c1-19(2)16-41-26-20(3)45-30(36)23(17-42-29(35)22(26)15-21-9-7-6-8-10-21)33-28(34)25-27(24(39-5)11-12-32-25)43-18-44-31(37)40-14-13-38-4/h6-12,19-20,22-23,26H,13-18H2,1-5H3,(H,33,34)/t20-,22+,23-,26-/m0/s1. The molecule has 0 unspecified atom stereocenters. The first-order valence-corrected chi connectivity index (χ1v) is 14.4. The van der Waals surface area contributed by atoms with E-state index in [1.54, 1.807) is 6.92 Å². The molecule has 0 radical (unpaired) electrons. The quantitative estimate of drug-likeness (QED) is 0.140. The molecule has 3 rings (SSSR count). The molecule has 1 aromatic heterocycles. The number of nitrogens with one attached hydrogen (secondary N) is 1. The van der Waals surface area contributed by atoms with Gasteiger partial charge >= 0.3 is 18.1 Å². The van der Waals surface area contributed by atoms with Crippen LogP contribution in [0.2, 0.25) is 0 Å². The maximum Gasteiger partial charge on any atom is 0.511 e. The van der Waals surface area contributed by atoms with Gasteiger partial charge in [-0.2, -0.15) is 0 Å². The number of amides is 1. The summed E-state index contributed by atoms with van der Waals surface area (Å²) < 4.78 is 42.6. The van der Waals surface area contributed by atoms with E-state index in [0.717, 1.165) is 5.56 Å². The second-order valence-corrected chi connectivity index (χ2v) is 10.5. The Morgan fingerprint density at radius 3 is 2.49 bits per heavy atom. The summed E-state index contributed by atoms with van der Waals surface area (Å²) in [6.45, 7) is 4.88. The van der Waals surface area contributed by atoms with Crippen molar-refractivity contribution in [2.45, 2.75) is 45.4 Å². The van der Waals surface area contributed by atoms with Gasteiger partial charge in [0, 0.05) is 26.0 Å². The number of cyclic esters (lactones) is 2. The van der Waals surface area contributed by atoms with Crippen LogP contribution in [0.4, 0.5) is 4.79 Å². The molecule has 0 bridgehead atoms. The summed E-state index contributed by atoms with van der Waals surface area (Å²) >= 11 is 0. The van der Waals surface area contributed by atoms with Crippen molar-refractivity contribution in [2.24, 2.45) is 11.8 Å². The van der Waals surface area contributed by atoms with E-state index in [-0.39, 0.29) is 42.7 Å². The lowest BCUT2D eigenvalue weighted by molar-refractivity contribution is -0.165. The van der Waals surface area contributed by atoms with Crippen LogP contribution in [0, 0.1) is 11.8 Å². The van der Waals surface area contributed by atoms with Crippen molar-refractivity contribution in [3.05, 3.63) is 53.9 Å². The van der Waals surface area contributed by atoms with Crippen molar-refractivity contribution in [3.8, 4) is 11.5 Å². The number of carbonyl (C=O) groups is 4. The Hall–Kier alpha value is -4.43. The van der Waals surface area contributed by atoms with Crippen molar-refractivity contribution in [3.63, 3.8) is 0 Å². The molecule has 0 spiro atoms. The number of ether oxygens (including phenoxy) is 8. The molecule has 14 heteroatoms. The topological polar surface area (TPSA) is 167 Å². The van der Waals surface area contributed by atoms with E-state index < -0.39 is 61.6 Å². The molecule has 1 amide bonds. The smallest absolute Gasteiger partial charge is 0.493 e. The predicted octanol–water partition coefficient (Wildman–Crippen LogP) is 2.71. The van der Waals surface area contributed by atoms with Crippen LogP contribution in [0.5, 0.6) is 11.5 Å². The number of methoxy groups -OCH3 is 2. The fourth-order valence-electron chi connectivity index (χ4n) is 4.36. The fraction of sp³-hybridized carbons (Fsp3) is 0.516. The SMILES string of the molecule is COCCOC(=O)OCOc1c(OC)ccnc1C(=O)N[C@H]1COC(=O)[C@H](Cc2ccccc2)[C@@H](OCC(C)C)[C@H](C)OC1=O. The summed E-state index contributed by atoms with van der Waals surface area (Å²) in [4.78, 5) is 55.9. The van der Waals surface area contributed by atoms with Gasteiger partial charge in [0.05, 0.1) is 19.6 Å². The number of hydrogen-bond acceptors (Lipinski definition) is 13. The highest BCUT2D eigenvalue weighted by atomic mass is 16.8. The van der Waals surface area contributed by atoms with Crippen LogP contribution in [-0.2, 0) is 44.4 Å². The van der Waals surface area contributed by atoms with E-state index in [0.29, 0.717) is 6.61 Å². The van der Waals surface area contributed by atoms with Gasteiger partial charge in [0.2, 0.25) is 6.79 Å².